The Morgan fingerprint density at radius 3 is 2.41 bits per heavy atom. The van der Waals surface area contributed by atoms with Crippen LogP contribution in [0.2, 0.25) is 0 Å². The molecule has 0 unspecified atom stereocenters. The van der Waals surface area contributed by atoms with Crippen LogP contribution < -0.4 is 14.9 Å². The summed E-state index contributed by atoms with van der Waals surface area (Å²) in [4.78, 5) is 12.8. The van der Waals surface area contributed by atoms with Crippen LogP contribution in [0.3, 0.4) is 0 Å². The Bertz CT molecular complexity index is 1290. The molecule has 6 heteroatoms. The number of hydrogen-bond donors (Lipinski definition) is 1. The lowest BCUT2D eigenvalue weighted by molar-refractivity contribution is 0.0955. The SMILES string of the molecule is COc1cc(/C(C)=N/NC(=O)c2ccccc2-n2cccc2)ccc1OCc1ccc(C)cc1. The zero-order valence-electron chi connectivity index (χ0n) is 19.5. The maximum absolute atomic E-state index is 12.8. The van der Waals surface area contributed by atoms with E-state index in [9.17, 15) is 4.79 Å². The Kier molecular flexibility index (Phi) is 7.08. The minimum atomic E-state index is -0.284. The molecule has 4 aromatic rings. The minimum absolute atomic E-state index is 0.284. The maximum atomic E-state index is 12.8. The largest absolute Gasteiger partial charge is 0.493 e. The van der Waals surface area contributed by atoms with Crippen molar-refractivity contribution in [3.63, 3.8) is 0 Å². The van der Waals surface area contributed by atoms with Crippen molar-refractivity contribution in [1.29, 1.82) is 0 Å². The molecule has 0 aliphatic rings. The summed E-state index contributed by atoms with van der Waals surface area (Å²) in [5, 5.41) is 4.31. The molecule has 0 aliphatic carbocycles. The van der Waals surface area contributed by atoms with Gasteiger partial charge in [-0.3, -0.25) is 4.79 Å². The average Bonchev–Trinajstić information content (AvgIpc) is 3.41. The highest BCUT2D eigenvalue weighted by molar-refractivity contribution is 6.02. The lowest BCUT2D eigenvalue weighted by Gasteiger charge is -2.13. The van der Waals surface area contributed by atoms with E-state index in [1.54, 1.807) is 13.2 Å². The van der Waals surface area contributed by atoms with Crippen LogP contribution in [0.15, 0.2) is 96.4 Å². The van der Waals surface area contributed by atoms with E-state index < -0.39 is 0 Å². The highest BCUT2D eigenvalue weighted by atomic mass is 16.5. The Morgan fingerprint density at radius 1 is 0.941 bits per heavy atom. The molecule has 4 rings (SSSR count). The van der Waals surface area contributed by atoms with Gasteiger partial charge in [-0.15, -0.1) is 0 Å². The lowest BCUT2D eigenvalue weighted by atomic mass is 10.1. The first-order chi connectivity index (χ1) is 16.5. The number of rotatable bonds is 8. The Morgan fingerprint density at radius 2 is 1.68 bits per heavy atom. The van der Waals surface area contributed by atoms with Gasteiger partial charge in [-0.05, 0) is 61.9 Å². The number of carbonyl (C=O) groups is 1. The summed E-state index contributed by atoms with van der Waals surface area (Å²) in [6, 6.07) is 25.0. The van der Waals surface area contributed by atoms with Crippen LogP contribution in [0, 0.1) is 6.92 Å². The first-order valence-corrected chi connectivity index (χ1v) is 11.0. The molecular formula is C28H27N3O3. The molecule has 0 bridgehead atoms. The first-order valence-electron chi connectivity index (χ1n) is 11.0. The second-order valence-electron chi connectivity index (χ2n) is 7.89. The third-order valence-corrected chi connectivity index (χ3v) is 5.45. The van der Waals surface area contributed by atoms with E-state index in [-0.39, 0.29) is 5.91 Å². The van der Waals surface area contributed by atoms with Gasteiger partial charge < -0.3 is 14.0 Å². The molecule has 1 amide bonds. The van der Waals surface area contributed by atoms with Gasteiger partial charge in [0.25, 0.3) is 5.91 Å². The number of nitrogens with one attached hydrogen (secondary N) is 1. The average molecular weight is 454 g/mol. The van der Waals surface area contributed by atoms with Crippen molar-refractivity contribution in [1.82, 2.24) is 9.99 Å². The van der Waals surface area contributed by atoms with Gasteiger partial charge in [0.05, 0.1) is 24.1 Å². The van der Waals surface area contributed by atoms with Crippen LogP contribution in [0.5, 0.6) is 11.5 Å². The van der Waals surface area contributed by atoms with E-state index in [4.69, 9.17) is 9.47 Å². The predicted molar refractivity (Wildman–Crippen MR) is 134 cm³/mol. The van der Waals surface area contributed by atoms with Gasteiger partial charge in [0, 0.05) is 18.0 Å². The molecule has 0 saturated carbocycles. The molecule has 6 nitrogen and oxygen atoms in total. The molecule has 0 spiro atoms. The van der Waals surface area contributed by atoms with Crippen molar-refractivity contribution in [2.45, 2.75) is 20.5 Å². The van der Waals surface area contributed by atoms with Crippen molar-refractivity contribution in [2.24, 2.45) is 5.10 Å². The van der Waals surface area contributed by atoms with Crippen molar-refractivity contribution >= 4 is 11.6 Å². The maximum Gasteiger partial charge on any atom is 0.273 e. The molecule has 0 atom stereocenters. The van der Waals surface area contributed by atoms with Gasteiger partial charge in [0.15, 0.2) is 11.5 Å². The number of ether oxygens (including phenoxy) is 2. The standard InChI is InChI=1S/C28H27N3O3/c1-20-10-12-22(13-11-20)19-34-26-15-14-23(18-27(26)33-3)21(2)29-30-28(32)24-8-4-5-9-25(24)31-16-6-7-17-31/h4-18H,19H2,1-3H3,(H,30,32)/b29-21+. The zero-order chi connectivity index (χ0) is 23.9. The molecule has 1 aromatic heterocycles. The third kappa shape index (κ3) is 5.35. The van der Waals surface area contributed by atoms with Crippen LogP contribution in [0.1, 0.15) is 34.0 Å². The fourth-order valence-electron chi connectivity index (χ4n) is 3.50. The number of hydrazone groups is 1. The number of aryl methyl sites for hydroxylation is 1. The van der Waals surface area contributed by atoms with E-state index in [1.807, 2.05) is 84.5 Å². The van der Waals surface area contributed by atoms with Gasteiger partial charge in [-0.1, -0.05) is 42.0 Å². The molecule has 0 fully saturated rings. The van der Waals surface area contributed by atoms with E-state index in [1.165, 1.54) is 5.56 Å². The molecule has 34 heavy (non-hydrogen) atoms. The summed E-state index contributed by atoms with van der Waals surface area (Å²) in [7, 11) is 1.60. The van der Waals surface area contributed by atoms with E-state index in [0.717, 1.165) is 16.8 Å². The van der Waals surface area contributed by atoms with Gasteiger partial charge >= 0.3 is 0 Å². The van der Waals surface area contributed by atoms with Gasteiger partial charge in [-0.25, -0.2) is 5.43 Å². The van der Waals surface area contributed by atoms with Crippen molar-refractivity contribution in [3.8, 4) is 17.2 Å². The van der Waals surface area contributed by atoms with Crippen molar-refractivity contribution in [3.05, 3.63) is 114 Å². The van der Waals surface area contributed by atoms with Crippen LogP contribution in [-0.4, -0.2) is 23.3 Å². The number of benzene rings is 3. The molecule has 0 radical (unpaired) electrons. The highest BCUT2D eigenvalue weighted by Crippen LogP contribution is 2.29. The highest BCUT2D eigenvalue weighted by Gasteiger charge is 2.12. The Labute approximate surface area is 199 Å². The number of para-hydroxylation sites is 1. The number of aromatic nitrogens is 1. The van der Waals surface area contributed by atoms with Gasteiger partial charge in [0.2, 0.25) is 0 Å². The van der Waals surface area contributed by atoms with Crippen LogP contribution in [0.4, 0.5) is 0 Å². The summed E-state index contributed by atoms with van der Waals surface area (Å²) >= 11 is 0. The third-order valence-electron chi connectivity index (χ3n) is 5.45. The van der Waals surface area contributed by atoms with E-state index >= 15 is 0 Å². The summed E-state index contributed by atoms with van der Waals surface area (Å²) in [6.07, 6.45) is 3.80. The molecule has 172 valence electrons. The van der Waals surface area contributed by atoms with Gasteiger partial charge in [0.1, 0.15) is 6.61 Å². The monoisotopic (exact) mass is 453 g/mol. The normalized spacial score (nSPS) is 11.2. The smallest absolute Gasteiger partial charge is 0.273 e. The Balaban J connectivity index is 1.46. The number of amides is 1. The van der Waals surface area contributed by atoms with Crippen molar-refractivity contribution in [2.75, 3.05) is 7.11 Å². The zero-order valence-corrected chi connectivity index (χ0v) is 19.5. The predicted octanol–water partition coefficient (Wildman–Crippen LogP) is 5.53. The second-order valence-corrected chi connectivity index (χ2v) is 7.89. The molecule has 1 heterocycles. The number of carbonyl (C=O) groups excluding carboxylic acids is 1. The number of methoxy groups -OCH3 is 1. The number of nitrogens with zero attached hydrogens (tertiary/aromatic N) is 2. The second kappa shape index (κ2) is 10.5. The summed E-state index contributed by atoms with van der Waals surface area (Å²) in [5.74, 6) is 0.960. The van der Waals surface area contributed by atoms with Crippen LogP contribution in [-0.2, 0) is 6.61 Å². The van der Waals surface area contributed by atoms with Crippen LogP contribution in [0.25, 0.3) is 5.69 Å². The molecule has 3 aromatic carbocycles. The van der Waals surface area contributed by atoms with E-state index in [2.05, 4.69) is 29.6 Å². The minimum Gasteiger partial charge on any atom is -0.493 e. The summed E-state index contributed by atoms with van der Waals surface area (Å²) < 4.78 is 13.4. The lowest BCUT2D eigenvalue weighted by Crippen LogP contribution is -2.21. The topological polar surface area (TPSA) is 64.8 Å². The fraction of sp³-hybridized carbons (Fsp3) is 0.143. The number of hydrogen-bond acceptors (Lipinski definition) is 4. The summed E-state index contributed by atoms with van der Waals surface area (Å²) in [5.41, 5.74) is 7.74. The first kappa shape index (κ1) is 22.9. The Hall–Kier alpha value is -4.32. The quantitative estimate of drug-likeness (QED) is 0.282. The molecule has 0 saturated heterocycles. The fourth-order valence-corrected chi connectivity index (χ4v) is 3.50. The van der Waals surface area contributed by atoms with E-state index in [0.29, 0.717) is 29.4 Å². The molecule has 0 aliphatic heterocycles. The molecular weight excluding hydrogens is 426 g/mol. The summed E-state index contributed by atoms with van der Waals surface area (Å²) in [6.45, 7) is 4.33. The van der Waals surface area contributed by atoms with Crippen LogP contribution >= 0.6 is 0 Å². The molecule has 1 N–H and O–H groups in total. The van der Waals surface area contributed by atoms with Crippen molar-refractivity contribution < 1.29 is 14.3 Å². The van der Waals surface area contributed by atoms with Gasteiger partial charge in [-0.2, -0.15) is 5.10 Å².